The summed E-state index contributed by atoms with van der Waals surface area (Å²) in [5.74, 6) is -0.670. The molecule has 7 heteroatoms. The van der Waals surface area contributed by atoms with Crippen molar-refractivity contribution in [1.82, 2.24) is 0 Å². The first-order chi connectivity index (χ1) is 11.9. The summed E-state index contributed by atoms with van der Waals surface area (Å²) in [6.45, 7) is 0.655. The van der Waals surface area contributed by atoms with Crippen molar-refractivity contribution < 1.29 is 24.2 Å². The van der Waals surface area contributed by atoms with Gasteiger partial charge in [-0.25, -0.2) is 0 Å². The van der Waals surface area contributed by atoms with Crippen LogP contribution >= 0.6 is 0 Å². The average Bonchev–Trinajstić information content (AvgIpc) is 2.96. The fourth-order valence-electron chi connectivity index (χ4n) is 3.46. The second-order valence-corrected chi connectivity index (χ2v) is 6.70. The monoisotopic (exact) mass is 346 g/mol. The highest BCUT2D eigenvalue weighted by Crippen LogP contribution is 2.44. The molecule has 0 spiro atoms. The molecule has 1 heterocycles. The zero-order valence-electron chi connectivity index (χ0n) is 14.2. The van der Waals surface area contributed by atoms with Gasteiger partial charge in [-0.15, -0.1) is 0 Å². The minimum Gasteiger partial charge on any atom is -0.494 e. The number of carboxylic acids is 1. The van der Waals surface area contributed by atoms with Crippen molar-refractivity contribution in [3.05, 3.63) is 18.2 Å². The molecule has 7 nitrogen and oxygen atoms in total. The van der Waals surface area contributed by atoms with E-state index in [2.05, 4.69) is 5.32 Å². The van der Waals surface area contributed by atoms with Gasteiger partial charge in [-0.05, 0) is 31.4 Å². The van der Waals surface area contributed by atoms with Crippen molar-refractivity contribution in [2.24, 2.45) is 5.41 Å². The van der Waals surface area contributed by atoms with Crippen LogP contribution in [0.5, 0.6) is 5.75 Å². The number of hydrogen-bond donors (Lipinski definition) is 2. The van der Waals surface area contributed by atoms with E-state index in [9.17, 15) is 19.5 Å². The number of nitrogens with one attached hydrogen (secondary N) is 1. The molecular formula is C18H22N2O5. The molecule has 1 aromatic rings. The molecule has 0 atom stereocenters. The normalized spacial score (nSPS) is 18.6. The number of nitrogens with zero attached hydrogens (tertiary/aromatic N) is 1. The molecule has 2 N–H and O–H groups in total. The van der Waals surface area contributed by atoms with Crippen LogP contribution in [0.1, 0.15) is 38.5 Å². The van der Waals surface area contributed by atoms with Crippen LogP contribution in [0.2, 0.25) is 0 Å². The highest BCUT2D eigenvalue weighted by Gasteiger charge is 2.45. The number of hydrogen-bond acceptors (Lipinski definition) is 4. The van der Waals surface area contributed by atoms with Crippen molar-refractivity contribution in [3.8, 4) is 5.75 Å². The maximum atomic E-state index is 12.2. The van der Waals surface area contributed by atoms with Crippen LogP contribution in [-0.4, -0.2) is 36.5 Å². The molecule has 0 aromatic heterocycles. The third-order valence-corrected chi connectivity index (χ3v) is 5.09. The predicted octanol–water partition coefficient (Wildman–Crippen LogP) is 2.41. The molecule has 0 unspecified atom stereocenters. The Balaban J connectivity index is 1.71. The van der Waals surface area contributed by atoms with Crippen LogP contribution in [0.25, 0.3) is 0 Å². The topological polar surface area (TPSA) is 95.9 Å². The number of benzene rings is 1. The van der Waals surface area contributed by atoms with Crippen LogP contribution in [0, 0.1) is 5.41 Å². The molecule has 3 rings (SSSR count). The number of ether oxygens (including phenoxy) is 1. The summed E-state index contributed by atoms with van der Waals surface area (Å²) in [5, 5.41) is 12.1. The number of amides is 2. The average molecular weight is 346 g/mol. The molecule has 2 fully saturated rings. The fraction of sp³-hybridized carbons (Fsp3) is 0.500. The lowest BCUT2D eigenvalue weighted by Crippen LogP contribution is -2.41. The number of methoxy groups -OCH3 is 1. The third kappa shape index (κ3) is 3.31. The SMILES string of the molecule is COc1cc(NC(=O)CC2(C(=O)O)CCC2)ccc1N1CCCC1=O. The minimum atomic E-state index is -0.921. The Kier molecular flexibility index (Phi) is 4.65. The van der Waals surface area contributed by atoms with E-state index < -0.39 is 11.4 Å². The first-order valence-corrected chi connectivity index (χ1v) is 8.47. The predicted molar refractivity (Wildman–Crippen MR) is 91.7 cm³/mol. The van der Waals surface area contributed by atoms with Crippen LogP contribution in [-0.2, 0) is 14.4 Å². The van der Waals surface area contributed by atoms with E-state index in [1.54, 1.807) is 23.1 Å². The molecule has 134 valence electrons. The van der Waals surface area contributed by atoms with E-state index >= 15 is 0 Å². The summed E-state index contributed by atoms with van der Waals surface area (Å²) in [7, 11) is 1.51. The van der Waals surface area contributed by atoms with E-state index in [-0.39, 0.29) is 18.2 Å². The van der Waals surface area contributed by atoms with Gasteiger partial charge < -0.3 is 20.1 Å². The van der Waals surface area contributed by atoms with Gasteiger partial charge in [0.25, 0.3) is 0 Å². The molecule has 1 saturated heterocycles. The minimum absolute atomic E-state index is 0.0307. The molecular weight excluding hydrogens is 324 g/mol. The largest absolute Gasteiger partial charge is 0.494 e. The van der Waals surface area contributed by atoms with Crippen LogP contribution in [0.4, 0.5) is 11.4 Å². The Morgan fingerprint density at radius 3 is 2.60 bits per heavy atom. The Morgan fingerprint density at radius 2 is 2.08 bits per heavy atom. The second kappa shape index (κ2) is 6.74. The fourth-order valence-corrected chi connectivity index (χ4v) is 3.46. The van der Waals surface area contributed by atoms with Crippen molar-refractivity contribution in [1.29, 1.82) is 0 Å². The van der Waals surface area contributed by atoms with Gasteiger partial charge >= 0.3 is 5.97 Å². The zero-order chi connectivity index (χ0) is 18.0. The van der Waals surface area contributed by atoms with Gasteiger partial charge in [0.05, 0.1) is 18.2 Å². The standard InChI is InChI=1S/C18H22N2O5/c1-25-14-10-12(5-6-13(14)20-9-2-4-16(20)22)19-15(21)11-18(17(23)24)7-3-8-18/h5-6,10H,2-4,7-9,11H2,1H3,(H,19,21)(H,23,24). The van der Waals surface area contributed by atoms with Crippen molar-refractivity contribution in [2.75, 3.05) is 23.9 Å². The number of anilines is 2. The summed E-state index contributed by atoms with van der Waals surface area (Å²) >= 11 is 0. The van der Waals surface area contributed by atoms with Gasteiger partial charge in [0.15, 0.2) is 0 Å². The quantitative estimate of drug-likeness (QED) is 0.824. The molecule has 1 saturated carbocycles. The maximum absolute atomic E-state index is 12.2. The molecule has 0 radical (unpaired) electrons. The lowest BCUT2D eigenvalue weighted by molar-refractivity contribution is -0.157. The summed E-state index contributed by atoms with van der Waals surface area (Å²) in [4.78, 5) is 37.2. The van der Waals surface area contributed by atoms with Gasteiger partial charge in [0.1, 0.15) is 5.75 Å². The van der Waals surface area contributed by atoms with Gasteiger partial charge in [0, 0.05) is 31.1 Å². The smallest absolute Gasteiger partial charge is 0.310 e. The summed E-state index contributed by atoms with van der Waals surface area (Å²) in [6.07, 6.45) is 3.23. The number of carboxylic acid groups (broad SMARTS) is 1. The van der Waals surface area contributed by atoms with Crippen LogP contribution in [0.15, 0.2) is 18.2 Å². The first-order valence-electron chi connectivity index (χ1n) is 8.47. The second-order valence-electron chi connectivity index (χ2n) is 6.70. The Hall–Kier alpha value is -2.57. The van der Waals surface area contributed by atoms with Gasteiger partial charge in [-0.2, -0.15) is 0 Å². The zero-order valence-corrected chi connectivity index (χ0v) is 14.2. The molecule has 1 aliphatic heterocycles. The Labute approximate surface area is 146 Å². The van der Waals surface area contributed by atoms with E-state index in [0.29, 0.717) is 42.9 Å². The van der Waals surface area contributed by atoms with E-state index in [1.165, 1.54) is 7.11 Å². The number of rotatable bonds is 6. The van der Waals surface area contributed by atoms with Crippen LogP contribution in [0.3, 0.4) is 0 Å². The van der Waals surface area contributed by atoms with Crippen molar-refractivity contribution >= 4 is 29.2 Å². The van der Waals surface area contributed by atoms with E-state index in [1.807, 2.05) is 0 Å². The summed E-state index contributed by atoms with van der Waals surface area (Å²) < 4.78 is 5.36. The van der Waals surface area contributed by atoms with Gasteiger partial charge in [0.2, 0.25) is 11.8 Å². The molecule has 2 aliphatic rings. The molecule has 0 bridgehead atoms. The Bertz CT molecular complexity index is 711. The van der Waals surface area contributed by atoms with Crippen molar-refractivity contribution in [2.45, 2.75) is 38.5 Å². The van der Waals surface area contributed by atoms with Crippen molar-refractivity contribution in [3.63, 3.8) is 0 Å². The number of aliphatic carboxylic acids is 1. The molecule has 25 heavy (non-hydrogen) atoms. The summed E-state index contributed by atoms with van der Waals surface area (Å²) in [5.41, 5.74) is 0.289. The van der Waals surface area contributed by atoms with Crippen LogP contribution < -0.4 is 15.0 Å². The number of carbonyl (C=O) groups is 3. The van der Waals surface area contributed by atoms with E-state index in [4.69, 9.17) is 4.74 Å². The molecule has 2 amide bonds. The lowest BCUT2D eigenvalue weighted by atomic mass is 9.66. The van der Waals surface area contributed by atoms with Gasteiger partial charge in [-0.1, -0.05) is 6.42 Å². The summed E-state index contributed by atoms with van der Waals surface area (Å²) in [6, 6.07) is 5.11. The maximum Gasteiger partial charge on any atom is 0.310 e. The number of carbonyl (C=O) groups excluding carboxylic acids is 2. The third-order valence-electron chi connectivity index (χ3n) is 5.09. The first kappa shape index (κ1) is 17.3. The molecule has 1 aromatic carbocycles. The van der Waals surface area contributed by atoms with E-state index in [0.717, 1.165) is 12.8 Å². The highest BCUT2D eigenvalue weighted by molar-refractivity contribution is 5.98. The molecule has 1 aliphatic carbocycles. The highest BCUT2D eigenvalue weighted by atomic mass is 16.5. The van der Waals surface area contributed by atoms with Gasteiger partial charge in [-0.3, -0.25) is 14.4 Å². The lowest BCUT2D eigenvalue weighted by Gasteiger charge is -2.36. The Morgan fingerprint density at radius 1 is 1.32 bits per heavy atom.